The van der Waals surface area contributed by atoms with Gasteiger partial charge in [0.05, 0.1) is 6.54 Å². The molecule has 30 heavy (non-hydrogen) atoms. The highest BCUT2D eigenvalue weighted by Gasteiger charge is 2.21. The fourth-order valence-corrected chi connectivity index (χ4v) is 5.37. The maximum atomic E-state index is 13.2. The highest BCUT2D eigenvalue weighted by Crippen LogP contribution is 2.32. The number of hydrogen-bond donors (Lipinski definition) is 0. The maximum absolute atomic E-state index is 13.2. The highest BCUT2D eigenvalue weighted by atomic mass is 32.2. The van der Waals surface area contributed by atoms with Gasteiger partial charge in [-0.2, -0.15) is 0 Å². The van der Waals surface area contributed by atoms with Crippen LogP contribution in [0.25, 0.3) is 0 Å². The first-order valence-electron chi connectivity index (χ1n) is 11.4. The Morgan fingerprint density at radius 2 is 1.73 bits per heavy atom. The van der Waals surface area contributed by atoms with Crippen molar-refractivity contribution in [2.75, 3.05) is 23.7 Å². The molecule has 0 radical (unpaired) electrons. The summed E-state index contributed by atoms with van der Waals surface area (Å²) in [5, 5.41) is 0.970. The van der Waals surface area contributed by atoms with Crippen LogP contribution in [0.3, 0.4) is 0 Å². The van der Waals surface area contributed by atoms with Crippen LogP contribution in [0.4, 0.5) is 5.69 Å². The predicted octanol–water partition coefficient (Wildman–Crippen LogP) is 6.48. The van der Waals surface area contributed by atoms with Crippen molar-refractivity contribution in [3.8, 4) is 0 Å². The number of aryl methyl sites for hydroxylation is 1. The van der Waals surface area contributed by atoms with Crippen molar-refractivity contribution < 1.29 is 4.79 Å². The molecule has 0 saturated heterocycles. The normalized spacial score (nSPS) is 17.4. The highest BCUT2D eigenvalue weighted by molar-refractivity contribution is 8.14. The van der Waals surface area contributed by atoms with Gasteiger partial charge >= 0.3 is 0 Å². The zero-order valence-electron chi connectivity index (χ0n) is 18.0. The van der Waals surface area contributed by atoms with Crippen LogP contribution in [0.1, 0.15) is 72.9 Å². The van der Waals surface area contributed by atoms with Crippen molar-refractivity contribution in [2.45, 2.75) is 57.8 Å². The van der Waals surface area contributed by atoms with E-state index in [-0.39, 0.29) is 5.78 Å². The number of aliphatic imine (C=N–C) groups is 1. The van der Waals surface area contributed by atoms with Crippen molar-refractivity contribution in [3.05, 3.63) is 65.2 Å². The molecular formula is C26H32N2OS. The van der Waals surface area contributed by atoms with Gasteiger partial charge in [0.15, 0.2) is 11.0 Å². The standard InChI is InChI=1S/C26H32N2OS/c1-2-20-9-15-24(16-10-20)28(26-27-17-6-18-30-26)19-25(29)23-13-11-22(12-14-23)21-7-4-3-5-8-21/h9-16,21H,2-8,17-19H2,1H3. The van der Waals surface area contributed by atoms with Crippen LogP contribution in [0.5, 0.6) is 0 Å². The Hall–Kier alpha value is -2.07. The van der Waals surface area contributed by atoms with Crippen LogP contribution >= 0.6 is 11.8 Å². The summed E-state index contributed by atoms with van der Waals surface area (Å²) < 4.78 is 0. The van der Waals surface area contributed by atoms with Crippen LogP contribution in [0, 0.1) is 0 Å². The van der Waals surface area contributed by atoms with Gasteiger partial charge in [0, 0.05) is 23.5 Å². The fraction of sp³-hybridized carbons (Fsp3) is 0.462. The molecule has 4 heteroatoms. The van der Waals surface area contributed by atoms with Crippen LogP contribution in [0.15, 0.2) is 53.5 Å². The van der Waals surface area contributed by atoms with Crippen molar-refractivity contribution in [3.63, 3.8) is 0 Å². The summed E-state index contributed by atoms with van der Waals surface area (Å²) in [6.07, 6.45) is 8.71. The average Bonchev–Trinajstić information content (AvgIpc) is 2.84. The van der Waals surface area contributed by atoms with E-state index in [9.17, 15) is 4.79 Å². The smallest absolute Gasteiger partial charge is 0.182 e. The number of thioether (sulfide) groups is 1. The van der Waals surface area contributed by atoms with Gasteiger partial charge < -0.3 is 4.90 Å². The summed E-state index contributed by atoms with van der Waals surface area (Å²) in [5.74, 6) is 1.88. The molecule has 0 bridgehead atoms. The molecule has 0 amide bonds. The second kappa shape index (κ2) is 10.3. The molecule has 2 aliphatic rings. The number of nitrogens with zero attached hydrogens (tertiary/aromatic N) is 2. The van der Waals surface area contributed by atoms with Gasteiger partial charge in [-0.3, -0.25) is 9.79 Å². The zero-order chi connectivity index (χ0) is 20.8. The minimum absolute atomic E-state index is 0.152. The Morgan fingerprint density at radius 3 is 2.37 bits per heavy atom. The zero-order valence-corrected chi connectivity index (χ0v) is 18.8. The van der Waals surface area contributed by atoms with E-state index >= 15 is 0 Å². The molecule has 0 unspecified atom stereocenters. The van der Waals surface area contributed by atoms with Gasteiger partial charge in [-0.1, -0.05) is 74.3 Å². The van der Waals surface area contributed by atoms with E-state index in [1.807, 2.05) is 12.1 Å². The first-order valence-corrected chi connectivity index (χ1v) is 12.4. The number of carbonyl (C=O) groups is 1. The van der Waals surface area contributed by atoms with Crippen molar-refractivity contribution >= 4 is 28.4 Å². The van der Waals surface area contributed by atoms with Crippen LogP contribution < -0.4 is 4.90 Å². The molecular weight excluding hydrogens is 388 g/mol. The summed E-state index contributed by atoms with van der Waals surface area (Å²) in [6.45, 7) is 3.34. The van der Waals surface area contributed by atoms with Crippen molar-refractivity contribution in [2.24, 2.45) is 4.99 Å². The Bertz CT molecular complexity index is 867. The van der Waals surface area contributed by atoms with E-state index < -0.39 is 0 Å². The van der Waals surface area contributed by atoms with E-state index in [1.165, 1.54) is 43.2 Å². The predicted molar refractivity (Wildman–Crippen MR) is 129 cm³/mol. The molecule has 1 saturated carbocycles. The summed E-state index contributed by atoms with van der Waals surface area (Å²) >= 11 is 1.76. The van der Waals surface area contributed by atoms with E-state index in [1.54, 1.807) is 11.8 Å². The summed E-state index contributed by atoms with van der Waals surface area (Å²) in [4.78, 5) is 20.0. The number of ketones is 1. The second-order valence-corrected chi connectivity index (χ2v) is 9.41. The third kappa shape index (κ3) is 5.15. The molecule has 1 fully saturated rings. The first-order chi connectivity index (χ1) is 14.7. The van der Waals surface area contributed by atoms with Gasteiger partial charge in [0.2, 0.25) is 0 Å². The third-order valence-corrected chi connectivity index (χ3v) is 7.38. The number of benzene rings is 2. The van der Waals surface area contributed by atoms with E-state index in [4.69, 9.17) is 4.99 Å². The second-order valence-electron chi connectivity index (χ2n) is 8.35. The number of rotatable bonds is 6. The molecule has 0 N–H and O–H groups in total. The summed E-state index contributed by atoms with van der Waals surface area (Å²) in [5.41, 5.74) is 4.55. The topological polar surface area (TPSA) is 32.7 Å². The number of Topliss-reactive ketones (excluding diaryl/α,β-unsaturated/α-hetero) is 1. The lowest BCUT2D eigenvalue weighted by Crippen LogP contribution is -2.35. The number of amidine groups is 1. The van der Waals surface area contributed by atoms with Crippen molar-refractivity contribution in [1.29, 1.82) is 0 Å². The SMILES string of the molecule is CCc1ccc(N(CC(=O)c2ccc(C3CCCCC3)cc2)C2=NCCCS2)cc1. The van der Waals surface area contributed by atoms with Crippen LogP contribution in [-0.4, -0.2) is 29.8 Å². The van der Waals surface area contributed by atoms with Gasteiger partial charge in [0.1, 0.15) is 0 Å². The Morgan fingerprint density at radius 1 is 1.00 bits per heavy atom. The molecule has 2 aromatic carbocycles. The van der Waals surface area contributed by atoms with E-state index in [0.29, 0.717) is 12.5 Å². The van der Waals surface area contributed by atoms with Gasteiger partial charge in [-0.05, 0) is 54.9 Å². The summed E-state index contributed by atoms with van der Waals surface area (Å²) in [7, 11) is 0. The molecule has 3 nitrogen and oxygen atoms in total. The molecule has 0 atom stereocenters. The lowest BCUT2D eigenvalue weighted by Gasteiger charge is -2.27. The Kier molecular flexibility index (Phi) is 7.27. The third-order valence-electron chi connectivity index (χ3n) is 6.28. The maximum Gasteiger partial charge on any atom is 0.182 e. The Labute approximate surface area is 185 Å². The van der Waals surface area contributed by atoms with Crippen LogP contribution in [-0.2, 0) is 6.42 Å². The summed E-state index contributed by atoms with van der Waals surface area (Å²) in [6, 6.07) is 17.0. The number of anilines is 1. The van der Waals surface area contributed by atoms with Crippen molar-refractivity contribution in [1.82, 2.24) is 0 Å². The Balaban J connectivity index is 1.51. The molecule has 158 valence electrons. The minimum atomic E-state index is 0.152. The molecule has 1 aliphatic carbocycles. The molecule has 0 aromatic heterocycles. The van der Waals surface area contributed by atoms with Gasteiger partial charge in [-0.25, -0.2) is 0 Å². The lowest BCUT2D eigenvalue weighted by molar-refractivity contribution is 0.100. The van der Waals surface area contributed by atoms with Gasteiger partial charge in [0.25, 0.3) is 0 Å². The monoisotopic (exact) mass is 420 g/mol. The lowest BCUT2D eigenvalue weighted by atomic mass is 9.84. The van der Waals surface area contributed by atoms with Gasteiger partial charge in [-0.15, -0.1) is 0 Å². The molecule has 2 aromatic rings. The minimum Gasteiger partial charge on any atom is -0.313 e. The first kappa shape index (κ1) is 21.2. The van der Waals surface area contributed by atoms with E-state index in [0.717, 1.165) is 41.6 Å². The quantitative estimate of drug-likeness (QED) is 0.501. The largest absolute Gasteiger partial charge is 0.313 e. The number of hydrogen-bond acceptors (Lipinski definition) is 4. The average molecular weight is 421 g/mol. The fourth-order valence-electron chi connectivity index (χ4n) is 4.40. The molecule has 4 rings (SSSR count). The molecule has 1 heterocycles. The van der Waals surface area contributed by atoms with Crippen LogP contribution in [0.2, 0.25) is 0 Å². The number of carbonyl (C=O) groups excluding carboxylic acids is 1. The molecule has 1 aliphatic heterocycles. The molecule has 0 spiro atoms. The van der Waals surface area contributed by atoms with E-state index in [2.05, 4.69) is 48.2 Å².